The standard InChI is InChI=1S/C20H19NO/c1-13(22)11-21-12-17-8-7-16-6-5-14-3-2-4-15-9-10-18(17)20(16)19(14)15/h2-10,13,21-22H,11-12H2,1H3/t13-/m0/s1. The van der Waals surface area contributed by atoms with Gasteiger partial charge in [-0.25, -0.2) is 0 Å². The Morgan fingerprint density at radius 1 is 0.864 bits per heavy atom. The Morgan fingerprint density at radius 3 is 2.23 bits per heavy atom. The van der Waals surface area contributed by atoms with Crippen LogP contribution >= 0.6 is 0 Å². The second-order valence-corrected chi connectivity index (χ2v) is 6.06. The van der Waals surface area contributed by atoms with Gasteiger partial charge in [0, 0.05) is 13.1 Å². The maximum Gasteiger partial charge on any atom is 0.0636 e. The van der Waals surface area contributed by atoms with Crippen LogP contribution in [0.5, 0.6) is 0 Å². The highest BCUT2D eigenvalue weighted by atomic mass is 16.3. The molecule has 4 aromatic carbocycles. The Balaban J connectivity index is 1.92. The average molecular weight is 289 g/mol. The van der Waals surface area contributed by atoms with Crippen molar-refractivity contribution in [3.05, 3.63) is 60.2 Å². The number of rotatable bonds is 4. The maximum atomic E-state index is 9.40. The van der Waals surface area contributed by atoms with E-state index in [1.54, 1.807) is 6.92 Å². The lowest BCUT2D eigenvalue weighted by atomic mass is 9.92. The SMILES string of the molecule is C[C@H](O)CNCc1ccc2ccc3cccc4ccc1c2c34. The van der Waals surface area contributed by atoms with Gasteiger partial charge in [-0.15, -0.1) is 0 Å². The highest BCUT2D eigenvalue weighted by Gasteiger charge is 2.10. The summed E-state index contributed by atoms with van der Waals surface area (Å²) in [4.78, 5) is 0. The quantitative estimate of drug-likeness (QED) is 0.555. The second kappa shape index (κ2) is 5.24. The molecule has 1 atom stereocenters. The molecule has 0 fully saturated rings. The predicted octanol–water partition coefficient (Wildman–Crippen LogP) is 4.05. The fourth-order valence-electron chi connectivity index (χ4n) is 3.37. The third-order valence-electron chi connectivity index (χ3n) is 4.37. The van der Waals surface area contributed by atoms with Gasteiger partial charge < -0.3 is 10.4 Å². The minimum atomic E-state index is -0.320. The van der Waals surface area contributed by atoms with Crippen molar-refractivity contribution in [2.45, 2.75) is 19.6 Å². The molecular formula is C20H19NO. The smallest absolute Gasteiger partial charge is 0.0636 e. The summed E-state index contributed by atoms with van der Waals surface area (Å²) >= 11 is 0. The molecule has 0 saturated heterocycles. The van der Waals surface area contributed by atoms with E-state index >= 15 is 0 Å². The van der Waals surface area contributed by atoms with Crippen LogP contribution in [0.2, 0.25) is 0 Å². The molecule has 0 saturated carbocycles. The summed E-state index contributed by atoms with van der Waals surface area (Å²) in [6, 6.07) is 19.7. The van der Waals surface area contributed by atoms with Crippen molar-refractivity contribution >= 4 is 32.3 Å². The number of hydrogen-bond donors (Lipinski definition) is 2. The molecule has 110 valence electrons. The van der Waals surface area contributed by atoms with Crippen LogP contribution in [-0.2, 0) is 6.54 Å². The number of hydrogen-bond acceptors (Lipinski definition) is 2. The minimum Gasteiger partial charge on any atom is -0.392 e. The third kappa shape index (κ3) is 2.12. The summed E-state index contributed by atoms with van der Waals surface area (Å²) in [5, 5.41) is 20.6. The zero-order valence-electron chi connectivity index (χ0n) is 12.6. The molecule has 0 aliphatic carbocycles. The summed E-state index contributed by atoms with van der Waals surface area (Å²) in [7, 11) is 0. The van der Waals surface area contributed by atoms with Gasteiger partial charge in [-0.2, -0.15) is 0 Å². The Labute approximate surface area is 129 Å². The van der Waals surface area contributed by atoms with Gasteiger partial charge in [0.05, 0.1) is 6.10 Å². The molecule has 0 bridgehead atoms. The molecule has 22 heavy (non-hydrogen) atoms. The molecule has 0 unspecified atom stereocenters. The van der Waals surface area contributed by atoms with Gasteiger partial charge in [-0.3, -0.25) is 0 Å². The summed E-state index contributed by atoms with van der Waals surface area (Å²) in [5.41, 5.74) is 1.28. The van der Waals surface area contributed by atoms with E-state index in [1.165, 1.54) is 37.9 Å². The predicted molar refractivity (Wildman–Crippen MR) is 93.5 cm³/mol. The lowest BCUT2D eigenvalue weighted by Crippen LogP contribution is -2.23. The normalized spacial score (nSPS) is 13.4. The van der Waals surface area contributed by atoms with Crippen molar-refractivity contribution in [3.8, 4) is 0 Å². The zero-order chi connectivity index (χ0) is 15.1. The molecule has 0 amide bonds. The van der Waals surface area contributed by atoms with E-state index in [1.807, 2.05) is 0 Å². The van der Waals surface area contributed by atoms with Crippen molar-refractivity contribution in [1.82, 2.24) is 5.32 Å². The molecule has 0 aliphatic heterocycles. The van der Waals surface area contributed by atoms with Crippen LogP contribution in [0.1, 0.15) is 12.5 Å². The number of aliphatic hydroxyl groups is 1. The summed E-state index contributed by atoms with van der Waals surface area (Å²) in [5.74, 6) is 0. The van der Waals surface area contributed by atoms with E-state index in [4.69, 9.17) is 0 Å². The lowest BCUT2D eigenvalue weighted by Gasteiger charge is -2.14. The van der Waals surface area contributed by atoms with Gasteiger partial charge in [0.15, 0.2) is 0 Å². The van der Waals surface area contributed by atoms with E-state index in [0.29, 0.717) is 6.54 Å². The molecule has 2 nitrogen and oxygen atoms in total. The first kappa shape index (κ1) is 13.5. The molecule has 0 aliphatic rings. The molecule has 2 heteroatoms. The zero-order valence-corrected chi connectivity index (χ0v) is 12.6. The van der Waals surface area contributed by atoms with Gasteiger partial charge in [0.1, 0.15) is 0 Å². The van der Waals surface area contributed by atoms with Crippen molar-refractivity contribution in [2.75, 3.05) is 6.54 Å². The topological polar surface area (TPSA) is 32.3 Å². The highest BCUT2D eigenvalue weighted by molar-refractivity contribution is 6.23. The summed E-state index contributed by atoms with van der Waals surface area (Å²) in [6.07, 6.45) is -0.320. The van der Waals surface area contributed by atoms with E-state index < -0.39 is 0 Å². The van der Waals surface area contributed by atoms with Gasteiger partial charge in [0.25, 0.3) is 0 Å². The second-order valence-electron chi connectivity index (χ2n) is 6.06. The van der Waals surface area contributed by atoms with Gasteiger partial charge in [-0.1, -0.05) is 54.6 Å². The molecule has 0 heterocycles. The molecule has 4 aromatic rings. The fourth-order valence-corrected chi connectivity index (χ4v) is 3.37. The van der Waals surface area contributed by atoms with Crippen LogP contribution in [0.15, 0.2) is 54.6 Å². The van der Waals surface area contributed by atoms with Crippen LogP contribution in [0.25, 0.3) is 32.3 Å². The first-order valence-electron chi connectivity index (χ1n) is 7.78. The first-order chi connectivity index (χ1) is 10.7. The Kier molecular flexibility index (Phi) is 3.21. The third-order valence-corrected chi connectivity index (χ3v) is 4.37. The minimum absolute atomic E-state index is 0.320. The summed E-state index contributed by atoms with van der Waals surface area (Å²) < 4.78 is 0. The number of aliphatic hydroxyl groups excluding tert-OH is 1. The molecule has 0 spiro atoms. The van der Waals surface area contributed by atoms with Crippen LogP contribution in [0, 0.1) is 0 Å². The van der Waals surface area contributed by atoms with E-state index in [0.717, 1.165) is 6.54 Å². The molecular weight excluding hydrogens is 270 g/mol. The van der Waals surface area contributed by atoms with Crippen molar-refractivity contribution in [1.29, 1.82) is 0 Å². The largest absolute Gasteiger partial charge is 0.392 e. The fraction of sp³-hybridized carbons (Fsp3) is 0.200. The lowest BCUT2D eigenvalue weighted by molar-refractivity contribution is 0.191. The van der Waals surface area contributed by atoms with Crippen LogP contribution < -0.4 is 5.32 Å². The summed E-state index contributed by atoms with van der Waals surface area (Å²) in [6.45, 7) is 3.19. The highest BCUT2D eigenvalue weighted by Crippen LogP contribution is 2.35. The van der Waals surface area contributed by atoms with E-state index in [-0.39, 0.29) is 6.10 Å². The van der Waals surface area contributed by atoms with Gasteiger partial charge >= 0.3 is 0 Å². The molecule has 2 N–H and O–H groups in total. The van der Waals surface area contributed by atoms with Gasteiger partial charge in [0.2, 0.25) is 0 Å². The van der Waals surface area contributed by atoms with Crippen LogP contribution in [-0.4, -0.2) is 17.8 Å². The molecule has 4 rings (SSSR count). The Bertz CT molecular complexity index is 926. The Hall–Kier alpha value is -2.16. The van der Waals surface area contributed by atoms with E-state index in [9.17, 15) is 5.11 Å². The monoisotopic (exact) mass is 289 g/mol. The molecule has 0 radical (unpaired) electrons. The van der Waals surface area contributed by atoms with Crippen molar-refractivity contribution < 1.29 is 5.11 Å². The van der Waals surface area contributed by atoms with Crippen LogP contribution in [0.4, 0.5) is 0 Å². The van der Waals surface area contributed by atoms with E-state index in [2.05, 4.69) is 59.9 Å². The molecule has 0 aromatic heterocycles. The average Bonchev–Trinajstić information content (AvgIpc) is 2.53. The maximum absolute atomic E-state index is 9.40. The first-order valence-corrected chi connectivity index (χ1v) is 7.78. The van der Waals surface area contributed by atoms with Gasteiger partial charge in [-0.05, 0) is 44.8 Å². The van der Waals surface area contributed by atoms with Crippen molar-refractivity contribution in [2.24, 2.45) is 0 Å². The number of benzene rings is 4. The Morgan fingerprint density at radius 2 is 1.50 bits per heavy atom. The van der Waals surface area contributed by atoms with Crippen molar-refractivity contribution in [3.63, 3.8) is 0 Å². The number of nitrogens with one attached hydrogen (secondary N) is 1. The van der Waals surface area contributed by atoms with Crippen LogP contribution in [0.3, 0.4) is 0 Å².